The van der Waals surface area contributed by atoms with Crippen molar-refractivity contribution in [1.82, 2.24) is 14.9 Å². The number of benzene rings is 1. The maximum Gasteiger partial charge on any atom is 0.416 e. The number of pyridine rings is 2. The number of aryl methyl sites for hydroxylation is 1. The number of aromatic nitrogens is 2. The molecule has 258 valence electrons. The minimum Gasteiger partial charge on any atom is -0.476 e. The van der Waals surface area contributed by atoms with Crippen LogP contribution in [0, 0.1) is 12.8 Å². The van der Waals surface area contributed by atoms with Crippen LogP contribution in [0.1, 0.15) is 61.6 Å². The predicted octanol–water partition coefficient (Wildman–Crippen LogP) is 6.98. The zero-order chi connectivity index (χ0) is 34.5. The number of nitrogens with one attached hydrogen (secondary N) is 1. The quantitative estimate of drug-likeness (QED) is 0.274. The van der Waals surface area contributed by atoms with E-state index in [9.17, 15) is 22.8 Å². The van der Waals surface area contributed by atoms with Crippen LogP contribution in [0.3, 0.4) is 0 Å². The van der Waals surface area contributed by atoms with Crippen molar-refractivity contribution in [2.45, 2.75) is 58.7 Å². The monoisotopic (exact) mass is 669 g/mol. The van der Waals surface area contributed by atoms with E-state index in [1.54, 1.807) is 17.2 Å². The summed E-state index contributed by atoms with van der Waals surface area (Å²) in [6.45, 7) is 11.7. The highest BCUT2D eigenvalue weighted by Crippen LogP contribution is 2.35. The van der Waals surface area contributed by atoms with Crippen LogP contribution < -0.4 is 15.0 Å². The van der Waals surface area contributed by atoms with Crippen LogP contribution in [-0.4, -0.2) is 78.5 Å². The summed E-state index contributed by atoms with van der Waals surface area (Å²) >= 11 is 0. The van der Waals surface area contributed by atoms with Gasteiger partial charge in [0, 0.05) is 54.8 Å². The van der Waals surface area contributed by atoms with Gasteiger partial charge in [0.2, 0.25) is 5.88 Å². The van der Waals surface area contributed by atoms with Crippen molar-refractivity contribution in [3.63, 3.8) is 0 Å². The van der Waals surface area contributed by atoms with Crippen molar-refractivity contribution >= 4 is 23.4 Å². The number of hydrogen-bond acceptors (Lipinski definition) is 8. The lowest BCUT2D eigenvalue weighted by atomic mass is 9.94. The molecule has 2 fully saturated rings. The maximum absolute atomic E-state index is 13.2. The fraction of sp³-hybridized carbons (Fsp3) is 0.486. The average molecular weight is 670 g/mol. The number of rotatable bonds is 8. The Morgan fingerprint density at radius 1 is 1.00 bits per heavy atom. The SMILES string of the molecule is Cc1ncc(NC(=O)c2cccc(C(F)(F)F)c2)cc1-c1cnc(OCCC2CCN(C(=O)OC(C)(C)C)CC2)c(N2CCOCC2)c1. The number of piperidine rings is 1. The molecule has 0 bridgehead atoms. The molecule has 0 radical (unpaired) electrons. The second-order valence-corrected chi connectivity index (χ2v) is 13.1. The molecule has 10 nitrogen and oxygen atoms in total. The Bertz CT molecular complexity index is 1600. The molecule has 0 aliphatic carbocycles. The van der Waals surface area contributed by atoms with Gasteiger partial charge in [-0.2, -0.15) is 13.2 Å². The zero-order valence-corrected chi connectivity index (χ0v) is 27.7. The largest absolute Gasteiger partial charge is 0.476 e. The van der Waals surface area contributed by atoms with Gasteiger partial charge < -0.3 is 29.3 Å². The molecule has 2 amide bonds. The van der Waals surface area contributed by atoms with Gasteiger partial charge in [-0.3, -0.25) is 9.78 Å². The predicted molar refractivity (Wildman–Crippen MR) is 175 cm³/mol. The van der Waals surface area contributed by atoms with Gasteiger partial charge in [-0.25, -0.2) is 9.78 Å². The molecule has 2 aliphatic heterocycles. The molecule has 0 atom stereocenters. The van der Waals surface area contributed by atoms with Gasteiger partial charge >= 0.3 is 12.3 Å². The third-order valence-corrected chi connectivity index (χ3v) is 8.32. The van der Waals surface area contributed by atoms with Gasteiger partial charge in [-0.05, 0) is 83.2 Å². The molecular formula is C35H42F3N5O5. The van der Waals surface area contributed by atoms with Crippen molar-refractivity contribution in [2.24, 2.45) is 5.92 Å². The van der Waals surface area contributed by atoms with Crippen LogP contribution in [0.25, 0.3) is 11.1 Å². The Balaban J connectivity index is 1.27. The Labute approximate surface area is 278 Å². The lowest BCUT2D eigenvalue weighted by molar-refractivity contribution is -0.137. The van der Waals surface area contributed by atoms with E-state index in [0.717, 1.165) is 42.6 Å². The molecule has 13 heteroatoms. The van der Waals surface area contributed by atoms with Crippen LogP contribution in [0.15, 0.2) is 48.8 Å². The van der Waals surface area contributed by atoms with Crippen molar-refractivity contribution < 1.29 is 37.0 Å². The molecule has 3 aromatic rings. The second kappa shape index (κ2) is 14.8. The van der Waals surface area contributed by atoms with E-state index in [0.29, 0.717) is 74.7 Å². The van der Waals surface area contributed by atoms with E-state index < -0.39 is 23.2 Å². The van der Waals surface area contributed by atoms with E-state index in [1.807, 2.05) is 33.8 Å². The number of nitrogens with zero attached hydrogens (tertiary/aromatic N) is 4. The number of carbonyl (C=O) groups is 2. The third kappa shape index (κ3) is 9.15. The number of carbonyl (C=O) groups excluding carboxylic acids is 2. The summed E-state index contributed by atoms with van der Waals surface area (Å²) in [6.07, 6.45) is 0.903. The topological polar surface area (TPSA) is 106 Å². The summed E-state index contributed by atoms with van der Waals surface area (Å²) in [7, 11) is 0. The first-order chi connectivity index (χ1) is 22.8. The van der Waals surface area contributed by atoms with Gasteiger partial charge in [0.15, 0.2) is 0 Å². The number of amides is 2. The molecule has 2 aromatic heterocycles. The minimum absolute atomic E-state index is 0.113. The van der Waals surface area contributed by atoms with Crippen LogP contribution in [0.5, 0.6) is 5.88 Å². The molecule has 0 unspecified atom stereocenters. The van der Waals surface area contributed by atoms with E-state index in [-0.39, 0.29) is 11.7 Å². The Hall–Kier alpha value is -4.39. The number of halogens is 3. The highest BCUT2D eigenvalue weighted by Gasteiger charge is 2.31. The third-order valence-electron chi connectivity index (χ3n) is 8.32. The summed E-state index contributed by atoms with van der Waals surface area (Å²) in [5.41, 5.74) is 1.77. The van der Waals surface area contributed by atoms with Crippen molar-refractivity contribution in [1.29, 1.82) is 0 Å². The zero-order valence-electron chi connectivity index (χ0n) is 27.7. The number of anilines is 2. The fourth-order valence-corrected chi connectivity index (χ4v) is 5.72. The van der Waals surface area contributed by atoms with Gasteiger partial charge in [0.25, 0.3) is 5.91 Å². The van der Waals surface area contributed by atoms with Crippen LogP contribution in [-0.2, 0) is 15.7 Å². The molecule has 2 aliphatic rings. The summed E-state index contributed by atoms with van der Waals surface area (Å²) in [5.74, 6) is 0.243. The van der Waals surface area contributed by atoms with Gasteiger partial charge in [-0.15, -0.1) is 0 Å². The molecule has 0 saturated carbocycles. The normalized spacial score (nSPS) is 16.1. The van der Waals surface area contributed by atoms with Crippen LogP contribution in [0.2, 0.25) is 0 Å². The second-order valence-electron chi connectivity index (χ2n) is 13.1. The first-order valence-corrected chi connectivity index (χ1v) is 16.2. The maximum atomic E-state index is 13.2. The standard InChI is InChI=1S/C35H42F3N5O5/c1-23-29(20-28(22-39-23)41-31(44)25-6-5-7-27(18-25)35(36,37)38)26-19-30(42-13-16-46-17-14-42)32(40-21-26)47-15-10-24-8-11-43(12-9-24)33(45)48-34(2,3)4/h5-7,18-22,24H,8-17H2,1-4H3,(H,41,44). The molecule has 5 rings (SSSR count). The van der Waals surface area contributed by atoms with Crippen molar-refractivity contribution in [3.8, 4) is 17.0 Å². The smallest absolute Gasteiger partial charge is 0.416 e. The highest BCUT2D eigenvalue weighted by molar-refractivity contribution is 6.04. The first-order valence-electron chi connectivity index (χ1n) is 16.2. The number of alkyl halides is 3. The van der Waals surface area contributed by atoms with Crippen LogP contribution in [0.4, 0.5) is 29.3 Å². The van der Waals surface area contributed by atoms with Crippen molar-refractivity contribution in [2.75, 3.05) is 56.2 Å². The van der Waals surface area contributed by atoms with E-state index >= 15 is 0 Å². The Morgan fingerprint density at radius 2 is 1.73 bits per heavy atom. The summed E-state index contributed by atoms with van der Waals surface area (Å²) in [4.78, 5) is 38.4. The minimum atomic E-state index is -4.56. The van der Waals surface area contributed by atoms with Gasteiger partial charge in [-0.1, -0.05) is 6.07 Å². The lowest BCUT2D eigenvalue weighted by Gasteiger charge is -2.33. The molecule has 0 spiro atoms. The fourth-order valence-electron chi connectivity index (χ4n) is 5.72. The van der Waals surface area contributed by atoms with Gasteiger partial charge in [0.05, 0.1) is 37.3 Å². The van der Waals surface area contributed by atoms with E-state index in [4.69, 9.17) is 19.2 Å². The average Bonchev–Trinajstić information content (AvgIpc) is 3.05. The van der Waals surface area contributed by atoms with E-state index in [1.165, 1.54) is 18.3 Å². The number of morpholine rings is 1. The summed E-state index contributed by atoms with van der Waals surface area (Å²) < 4.78 is 56.9. The molecule has 4 heterocycles. The first kappa shape index (κ1) is 34.9. The lowest BCUT2D eigenvalue weighted by Crippen LogP contribution is -2.41. The molecule has 48 heavy (non-hydrogen) atoms. The number of ether oxygens (including phenoxy) is 3. The Morgan fingerprint density at radius 3 is 2.42 bits per heavy atom. The highest BCUT2D eigenvalue weighted by atomic mass is 19.4. The molecule has 1 N–H and O–H groups in total. The van der Waals surface area contributed by atoms with E-state index in [2.05, 4.69) is 15.2 Å². The molecule has 2 saturated heterocycles. The van der Waals surface area contributed by atoms with Crippen LogP contribution >= 0.6 is 0 Å². The Kier molecular flexibility index (Phi) is 10.8. The number of likely N-dealkylation sites (tertiary alicyclic amines) is 1. The van der Waals surface area contributed by atoms with Crippen molar-refractivity contribution in [3.05, 3.63) is 65.6 Å². The summed E-state index contributed by atoms with van der Waals surface area (Å²) in [5, 5.41) is 2.67. The molecule has 1 aromatic carbocycles. The summed E-state index contributed by atoms with van der Waals surface area (Å²) in [6, 6.07) is 7.99. The van der Waals surface area contributed by atoms with Gasteiger partial charge in [0.1, 0.15) is 11.3 Å². The molecular weight excluding hydrogens is 627 g/mol. The number of hydrogen-bond donors (Lipinski definition) is 1.